The molecule has 0 bridgehead atoms. The summed E-state index contributed by atoms with van der Waals surface area (Å²) in [6, 6.07) is 15.9. The van der Waals surface area contributed by atoms with Gasteiger partial charge in [0.1, 0.15) is 12.7 Å². The highest BCUT2D eigenvalue weighted by Gasteiger charge is 2.24. The van der Waals surface area contributed by atoms with Crippen LogP contribution in [0.15, 0.2) is 93.7 Å². The third kappa shape index (κ3) is 9.05. The number of likely N-dealkylation sites (tertiary alicyclic amines) is 1. The topological polar surface area (TPSA) is 176 Å². The molecule has 1 saturated heterocycles. The van der Waals surface area contributed by atoms with Crippen molar-refractivity contribution in [3.63, 3.8) is 0 Å². The van der Waals surface area contributed by atoms with Crippen LogP contribution in [0.5, 0.6) is 0 Å². The summed E-state index contributed by atoms with van der Waals surface area (Å²) in [5, 5.41) is 12.5. The molecule has 0 saturated carbocycles. The number of aryl methyl sites for hydroxylation is 5. The second kappa shape index (κ2) is 16.9. The van der Waals surface area contributed by atoms with Gasteiger partial charge in [0.25, 0.3) is 0 Å². The number of rotatable bonds is 11. The summed E-state index contributed by atoms with van der Waals surface area (Å²) in [6.45, 7) is 7.95. The highest BCUT2D eigenvalue weighted by molar-refractivity contribution is 7.99. The van der Waals surface area contributed by atoms with Crippen molar-refractivity contribution < 1.29 is 5.11 Å². The van der Waals surface area contributed by atoms with E-state index >= 15 is 0 Å². The third-order valence-electron chi connectivity index (χ3n) is 8.64. The van der Waals surface area contributed by atoms with E-state index in [1.807, 2.05) is 50.4 Å². The first kappa shape index (κ1) is 37.8. The van der Waals surface area contributed by atoms with E-state index in [1.165, 1.54) is 12.7 Å². The molecule has 7 aromatic rings. The number of nitrogens with zero attached hydrogens (tertiary/aromatic N) is 10. The lowest BCUT2D eigenvalue weighted by atomic mass is 10.1. The molecule has 0 atom stereocenters. The second-order valence-corrected chi connectivity index (χ2v) is 15.9. The zero-order valence-corrected chi connectivity index (χ0v) is 32.7. The van der Waals surface area contributed by atoms with Gasteiger partial charge < -0.3 is 25.7 Å². The lowest BCUT2D eigenvalue weighted by Gasteiger charge is -2.35. The number of hydrogen-bond acceptors (Lipinski definition) is 13. The van der Waals surface area contributed by atoms with Gasteiger partial charge in [0.15, 0.2) is 44.3 Å². The van der Waals surface area contributed by atoms with E-state index in [0.29, 0.717) is 39.3 Å². The molecule has 8 rings (SSSR count). The average Bonchev–Trinajstić information content (AvgIpc) is 3.65. The average molecular weight is 802 g/mol. The Morgan fingerprint density at radius 3 is 1.81 bits per heavy atom. The monoisotopic (exact) mass is 800 g/mol. The predicted molar refractivity (Wildman–Crippen MR) is 215 cm³/mol. The largest absolute Gasteiger partial charge is 0.390 e. The van der Waals surface area contributed by atoms with E-state index < -0.39 is 0 Å². The van der Waals surface area contributed by atoms with Crippen molar-refractivity contribution in [3.05, 3.63) is 100 Å². The van der Waals surface area contributed by atoms with Crippen molar-refractivity contribution in [2.24, 2.45) is 0 Å². The Bertz CT molecular complexity index is 2360. The first-order valence-electron chi connectivity index (χ1n) is 17.2. The van der Waals surface area contributed by atoms with Gasteiger partial charge in [-0.2, -0.15) is 0 Å². The quantitative estimate of drug-likeness (QED) is 0.125. The molecule has 5 N–H and O–H groups in total. The van der Waals surface area contributed by atoms with Gasteiger partial charge in [-0.1, -0.05) is 52.8 Å². The van der Waals surface area contributed by atoms with Gasteiger partial charge in [-0.25, -0.2) is 29.9 Å². The Kier molecular flexibility index (Phi) is 11.8. The summed E-state index contributed by atoms with van der Waals surface area (Å²) < 4.78 is 4.16. The zero-order valence-electron chi connectivity index (χ0n) is 29.6. The van der Waals surface area contributed by atoms with Gasteiger partial charge in [-0.15, -0.1) is 0 Å². The summed E-state index contributed by atoms with van der Waals surface area (Å²) in [5.41, 5.74) is 18.1. The fraction of sp³-hybridized carbons (Fsp3) is 0.270. The van der Waals surface area contributed by atoms with Gasteiger partial charge in [-0.3, -0.25) is 9.88 Å². The number of aliphatic hydroxyl groups excluding tert-OH is 1. The van der Waals surface area contributed by atoms with Crippen molar-refractivity contribution in [2.75, 3.05) is 31.1 Å². The summed E-state index contributed by atoms with van der Waals surface area (Å²) in [4.78, 5) is 34.8. The number of aromatic nitrogens is 9. The molecule has 0 spiro atoms. The number of β-amino-alcohol motifs (C(OH)–C–C–N with tert-alkyl or cyclic N) is 1. The Hall–Kier alpha value is -4.51. The van der Waals surface area contributed by atoms with E-state index in [0.717, 1.165) is 87.1 Å². The molecule has 13 nitrogen and oxygen atoms in total. The Morgan fingerprint density at radius 1 is 0.759 bits per heavy atom. The molecule has 0 aliphatic carbocycles. The zero-order chi connectivity index (χ0) is 37.8. The van der Waals surface area contributed by atoms with E-state index in [-0.39, 0.29) is 6.10 Å². The molecule has 1 aliphatic heterocycles. The smallest absolute Gasteiger partial charge is 0.175 e. The van der Waals surface area contributed by atoms with Crippen LogP contribution in [0.2, 0.25) is 10.0 Å². The lowest BCUT2D eigenvalue weighted by Crippen LogP contribution is -2.50. The molecule has 54 heavy (non-hydrogen) atoms. The number of pyridine rings is 1. The summed E-state index contributed by atoms with van der Waals surface area (Å²) in [6.07, 6.45) is 8.15. The van der Waals surface area contributed by atoms with Crippen molar-refractivity contribution in [3.8, 4) is 0 Å². The normalized spacial score (nSPS) is 13.3. The van der Waals surface area contributed by atoms with Crippen LogP contribution in [0.3, 0.4) is 0 Å². The highest BCUT2D eigenvalue weighted by Crippen LogP contribution is 2.34. The number of imidazole rings is 2. The minimum Gasteiger partial charge on any atom is -0.390 e. The van der Waals surface area contributed by atoms with Crippen LogP contribution in [-0.2, 0) is 19.5 Å². The van der Waals surface area contributed by atoms with Gasteiger partial charge in [0.2, 0.25) is 0 Å². The molecule has 2 aromatic carbocycles. The lowest BCUT2D eigenvalue weighted by molar-refractivity contribution is 0.00119. The number of anilines is 2. The van der Waals surface area contributed by atoms with Crippen LogP contribution in [0.4, 0.5) is 11.6 Å². The third-order valence-corrected chi connectivity index (χ3v) is 11.0. The summed E-state index contributed by atoms with van der Waals surface area (Å²) in [5.74, 6) is 0.762. The number of fused-ring (bicyclic) bond motifs is 2. The highest BCUT2D eigenvalue weighted by atomic mass is 35.5. The summed E-state index contributed by atoms with van der Waals surface area (Å²) in [7, 11) is 0. The van der Waals surface area contributed by atoms with Crippen molar-refractivity contribution in [1.29, 1.82) is 0 Å². The first-order chi connectivity index (χ1) is 26.1. The molecule has 0 amide bonds. The maximum absolute atomic E-state index is 9.42. The minimum atomic E-state index is -0.177. The van der Waals surface area contributed by atoms with E-state index in [9.17, 15) is 5.11 Å². The molecule has 1 aliphatic rings. The number of aliphatic hydroxyl groups is 1. The van der Waals surface area contributed by atoms with Gasteiger partial charge in [0, 0.05) is 65.0 Å². The van der Waals surface area contributed by atoms with Crippen LogP contribution in [0.25, 0.3) is 22.3 Å². The Labute approximate surface area is 330 Å². The van der Waals surface area contributed by atoms with Gasteiger partial charge in [0.05, 0.1) is 6.10 Å². The standard InChI is InChI=1S/C19H17ClN6S.C18H21ClN6OS/c1-12-7-14(20)9-15(8-12)27-19-25-16-17(21)23-11-24-18(16)26(19)6-4-13-3-2-5-22-10-13;1-11-5-12(19)7-14(6-11)27-18-23-15-16(20)21-10-22-17(15)25(18)4-2-3-24-8-13(26)9-24/h2-3,5,7-11H,4,6H2,1H3,(H2,21,23,24);5-7,10,13,26H,2-4,8-9H2,1H3,(H2,20,21,22). The molecule has 6 heterocycles. The molecule has 5 aromatic heterocycles. The number of nitrogens with two attached hydrogens (primary N) is 2. The van der Waals surface area contributed by atoms with Crippen LogP contribution >= 0.6 is 46.7 Å². The van der Waals surface area contributed by atoms with E-state index in [4.69, 9.17) is 44.6 Å². The van der Waals surface area contributed by atoms with Gasteiger partial charge >= 0.3 is 0 Å². The first-order valence-corrected chi connectivity index (χ1v) is 19.6. The van der Waals surface area contributed by atoms with Crippen LogP contribution in [-0.4, -0.2) is 79.8 Å². The maximum atomic E-state index is 9.42. The van der Waals surface area contributed by atoms with E-state index in [1.54, 1.807) is 29.7 Å². The van der Waals surface area contributed by atoms with Crippen LogP contribution < -0.4 is 11.5 Å². The predicted octanol–water partition coefficient (Wildman–Crippen LogP) is 6.75. The SMILES string of the molecule is Cc1cc(Cl)cc(Sc2nc3c(N)ncnc3n2CCCN2CC(O)C2)c1.Cc1cc(Cl)cc(Sc2nc3c(N)ncnc3n2CCc2cccnc2)c1. The maximum Gasteiger partial charge on any atom is 0.175 e. The number of halogens is 2. The number of hydrogen-bond donors (Lipinski definition) is 3. The Morgan fingerprint density at radius 2 is 1.31 bits per heavy atom. The molecule has 278 valence electrons. The second-order valence-electron chi connectivity index (χ2n) is 13.0. The van der Waals surface area contributed by atoms with E-state index in [2.05, 4.69) is 57.2 Å². The molecule has 0 radical (unpaired) electrons. The van der Waals surface area contributed by atoms with Crippen LogP contribution in [0.1, 0.15) is 23.1 Å². The summed E-state index contributed by atoms with van der Waals surface area (Å²) >= 11 is 15.5. The molecular weight excluding hydrogens is 764 g/mol. The molecule has 1 fully saturated rings. The van der Waals surface area contributed by atoms with Crippen molar-refractivity contribution >= 4 is 80.7 Å². The molecular formula is C37H38Cl2N12OS2. The molecule has 0 unspecified atom stereocenters. The van der Waals surface area contributed by atoms with Crippen molar-refractivity contribution in [1.82, 2.24) is 48.9 Å². The number of nitrogen functional groups attached to an aromatic ring is 2. The molecule has 17 heteroatoms. The van der Waals surface area contributed by atoms with Gasteiger partial charge in [-0.05, 0) is 85.8 Å². The van der Waals surface area contributed by atoms with Crippen molar-refractivity contribution in [2.45, 2.75) is 66.0 Å². The van der Waals surface area contributed by atoms with Crippen LogP contribution in [0, 0.1) is 13.8 Å². The fourth-order valence-electron chi connectivity index (χ4n) is 6.13. The minimum absolute atomic E-state index is 0.177. The fourth-order valence-corrected chi connectivity index (χ4v) is 8.97. The Balaban J connectivity index is 0.000000167. The number of benzene rings is 2.